The van der Waals surface area contributed by atoms with Gasteiger partial charge in [-0.1, -0.05) is 18.2 Å². The molecule has 4 nitrogen and oxygen atoms in total. The predicted molar refractivity (Wildman–Crippen MR) is 84.6 cm³/mol. The summed E-state index contributed by atoms with van der Waals surface area (Å²) in [5, 5.41) is 3.46. The number of rotatable bonds is 5. The molecule has 1 aromatic carbocycles. The second-order valence-electron chi connectivity index (χ2n) is 5.97. The molecule has 0 saturated carbocycles. The van der Waals surface area contributed by atoms with E-state index in [9.17, 15) is 0 Å². The average molecular weight is 272 g/mol. The molecule has 0 fully saturated rings. The average Bonchev–Trinajstić information content (AvgIpc) is 2.79. The van der Waals surface area contributed by atoms with Crippen LogP contribution in [0.15, 0.2) is 36.5 Å². The van der Waals surface area contributed by atoms with Gasteiger partial charge in [0.25, 0.3) is 0 Å². The number of hydrogen-bond donors (Lipinski definition) is 1. The van der Waals surface area contributed by atoms with Gasteiger partial charge >= 0.3 is 0 Å². The summed E-state index contributed by atoms with van der Waals surface area (Å²) in [7, 11) is 4.19. The van der Waals surface area contributed by atoms with Crippen LogP contribution in [-0.4, -0.2) is 40.6 Å². The number of benzene rings is 1. The van der Waals surface area contributed by atoms with Crippen LogP contribution in [0.2, 0.25) is 0 Å². The molecule has 4 heteroatoms. The van der Waals surface area contributed by atoms with Crippen LogP contribution in [0, 0.1) is 6.92 Å². The number of aromatic nitrogens is 2. The van der Waals surface area contributed by atoms with Crippen LogP contribution in [0.4, 0.5) is 5.95 Å². The molecule has 0 atom stereocenters. The van der Waals surface area contributed by atoms with Gasteiger partial charge < -0.3 is 10.2 Å². The Morgan fingerprint density at radius 1 is 1.20 bits per heavy atom. The van der Waals surface area contributed by atoms with Crippen LogP contribution >= 0.6 is 0 Å². The standard InChI is InChI=1S/C16H24N4/c1-13-11-20(14-9-7-6-8-10-14)15(18-13)17-12-16(2,3)19(4)5/h6-11H,12H2,1-5H3,(H,17,18). The molecule has 2 rings (SSSR count). The third kappa shape index (κ3) is 3.20. The number of aryl methyl sites for hydroxylation is 1. The van der Waals surface area contributed by atoms with Crippen molar-refractivity contribution in [3.05, 3.63) is 42.2 Å². The van der Waals surface area contributed by atoms with E-state index in [1.54, 1.807) is 0 Å². The lowest BCUT2D eigenvalue weighted by atomic mass is 10.1. The monoisotopic (exact) mass is 272 g/mol. The zero-order valence-corrected chi connectivity index (χ0v) is 13.0. The second-order valence-corrected chi connectivity index (χ2v) is 5.97. The minimum atomic E-state index is 0.0708. The molecule has 1 aromatic heterocycles. The molecule has 0 saturated heterocycles. The Morgan fingerprint density at radius 3 is 2.45 bits per heavy atom. The zero-order valence-electron chi connectivity index (χ0n) is 13.0. The highest BCUT2D eigenvalue weighted by Gasteiger charge is 2.21. The van der Waals surface area contributed by atoms with Gasteiger partial charge in [-0.3, -0.25) is 4.57 Å². The Labute approximate surface area is 121 Å². The first-order valence-electron chi connectivity index (χ1n) is 6.93. The molecule has 1 N–H and O–H groups in total. The molecule has 1 heterocycles. The zero-order chi connectivity index (χ0) is 14.8. The van der Waals surface area contributed by atoms with Crippen molar-refractivity contribution in [3.63, 3.8) is 0 Å². The fourth-order valence-electron chi connectivity index (χ4n) is 1.86. The minimum Gasteiger partial charge on any atom is -0.354 e. The van der Waals surface area contributed by atoms with Crippen molar-refractivity contribution in [3.8, 4) is 5.69 Å². The Kier molecular flexibility index (Phi) is 4.14. The number of likely N-dealkylation sites (N-methyl/N-ethyl adjacent to an activating group) is 1. The van der Waals surface area contributed by atoms with Crippen molar-refractivity contribution < 1.29 is 0 Å². The lowest BCUT2D eigenvalue weighted by Gasteiger charge is -2.32. The van der Waals surface area contributed by atoms with Crippen LogP contribution in [0.1, 0.15) is 19.5 Å². The van der Waals surface area contributed by atoms with Crippen molar-refractivity contribution in [1.82, 2.24) is 14.5 Å². The van der Waals surface area contributed by atoms with Crippen molar-refractivity contribution >= 4 is 5.95 Å². The van der Waals surface area contributed by atoms with Gasteiger partial charge in [-0.15, -0.1) is 0 Å². The Bertz CT molecular complexity index is 555. The van der Waals surface area contributed by atoms with Crippen LogP contribution in [0.3, 0.4) is 0 Å². The summed E-state index contributed by atoms with van der Waals surface area (Å²) in [6.07, 6.45) is 2.06. The minimum absolute atomic E-state index is 0.0708. The summed E-state index contributed by atoms with van der Waals surface area (Å²) in [6, 6.07) is 10.3. The van der Waals surface area contributed by atoms with Gasteiger partial charge in [0.05, 0.1) is 5.69 Å². The Hall–Kier alpha value is -1.81. The van der Waals surface area contributed by atoms with E-state index < -0.39 is 0 Å². The number of para-hydroxylation sites is 1. The molecule has 0 aliphatic heterocycles. The molecule has 20 heavy (non-hydrogen) atoms. The largest absolute Gasteiger partial charge is 0.354 e. The topological polar surface area (TPSA) is 33.1 Å². The molecule has 0 bridgehead atoms. The quantitative estimate of drug-likeness (QED) is 0.908. The molecule has 0 spiro atoms. The van der Waals surface area contributed by atoms with E-state index in [4.69, 9.17) is 0 Å². The number of nitrogens with zero attached hydrogens (tertiary/aromatic N) is 3. The molecule has 0 unspecified atom stereocenters. The highest BCUT2D eigenvalue weighted by atomic mass is 15.2. The van der Waals surface area contributed by atoms with Crippen molar-refractivity contribution in [2.45, 2.75) is 26.3 Å². The van der Waals surface area contributed by atoms with Gasteiger partial charge in [-0.2, -0.15) is 0 Å². The first kappa shape index (κ1) is 14.6. The van der Waals surface area contributed by atoms with Crippen LogP contribution in [0.25, 0.3) is 5.69 Å². The van der Waals surface area contributed by atoms with Gasteiger partial charge in [0.15, 0.2) is 0 Å². The number of anilines is 1. The van der Waals surface area contributed by atoms with E-state index in [0.29, 0.717) is 0 Å². The van der Waals surface area contributed by atoms with E-state index in [1.165, 1.54) is 0 Å². The van der Waals surface area contributed by atoms with Gasteiger partial charge in [0, 0.05) is 24.0 Å². The first-order valence-corrected chi connectivity index (χ1v) is 6.93. The summed E-state index contributed by atoms with van der Waals surface area (Å²) in [5.41, 5.74) is 2.21. The number of nitrogens with one attached hydrogen (secondary N) is 1. The first-order chi connectivity index (χ1) is 9.40. The van der Waals surface area contributed by atoms with E-state index >= 15 is 0 Å². The summed E-state index contributed by atoms with van der Waals surface area (Å²) >= 11 is 0. The summed E-state index contributed by atoms with van der Waals surface area (Å²) < 4.78 is 2.10. The van der Waals surface area contributed by atoms with Gasteiger partial charge in [0.1, 0.15) is 0 Å². The molecule has 0 amide bonds. The number of hydrogen-bond acceptors (Lipinski definition) is 3. The fraction of sp³-hybridized carbons (Fsp3) is 0.438. The summed E-state index contributed by atoms with van der Waals surface area (Å²) in [4.78, 5) is 6.79. The molecule has 0 aliphatic rings. The van der Waals surface area contributed by atoms with Crippen molar-refractivity contribution in [2.24, 2.45) is 0 Å². The maximum Gasteiger partial charge on any atom is 0.207 e. The lowest BCUT2D eigenvalue weighted by molar-refractivity contribution is 0.209. The summed E-state index contributed by atoms with van der Waals surface area (Å²) in [5.74, 6) is 0.892. The van der Waals surface area contributed by atoms with Crippen molar-refractivity contribution in [1.29, 1.82) is 0 Å². The maximum atomic E-state index is 4.58. The highest BCUT2D eigenvalue weighted by Crippen LogP contribution is 2.18. The smallest absolute Gasteiger partial charge is 0.207 e. The van der Waals surface area contributed by atoms with E-state index in [1.807, 2.05) is 25.1 Å². The molecule has 0 aliphatic carbocycles. The third-order valence-electron chi connectivity index (χ3n) is 3.75. The lowest BCUT2D eigenvalue weighted by Crippen LogP contribution is -2.44. The number of imidazole rings is 1. The van der Waals surface area contributed by atoms with E-state index in [2.05, 4.69) is 66.0 Å². The maximum absolute atomic E-state index is 4.58. The highest BCUT2D eigenvalue weighted by molar-refractivity contribution is 5.43. The van der Waals surface area contributed by atoms with E-state index in [-0.39, 0.29) is 5.54 Å². The Balaban J connectivity index is 2.21. The fourth-order valence-corrected chi connectivity index (χ4v) is 1.86. The second kappa shape index (κ2) is 5.67. The van der Waals surface area contributed by atoms with Crippen LogP contribution < -0.4 is 5.32 Å². The molecular weight excluding hydrogens is 248 g/mol. The van der Waals surface area contributed by atoms with Crippen LogP contribution in [0.5, 0.6) is 0 Å². The summed E-state index contributed by atoms with van der Waals surface area (Å²) in [6.45, 7) is 7.27. The predicted octanol–water partition coefficient (Wildman–Crippen LogP) is 2.93. The van der Waals surface area contributed by atoms with Crippen LogP contribution in [-0.2, 0) is 0 Å². The van der Waals surface area contributed by atoms with E-state index in [0.717, 1.165) is 23.9 Å². The van der Waals surface area contributed by atoms with Gasteiger partial charge in [-0.05, 0) is 47.0 Å². The SMILES string of the molecule is Cc1cn(-c2ccccc2)c(NCC(C)(C)N(C)C)n1. The molecule has 2 aromatic rings. The normalized spacial score (nSPS) is 11.9. The van der Waals surface area contributed by atoms with Gasteiger partial charge in [-0.25, -0.2) is 4.98 Å². The molecule has 0 radical (unpaired) electrons. The van der Waals surface area contributed by atoms with Gasteiger partial charge in [0.2, 0.25) is 5.95 Å². The Morgan fingerprint density at radius 2 is 1.85 bits per heavy atom. The molecular formula is C16H24N4. The third-order valence-corrected chi connectivity index (χ3v) is 3.75. The van der Waals surface area contributed by atoms with Crippen molar-refractivity contribution in [2.75, 3.05) is 26.0 Å². The molecule has 108 valence electrons.